The maximum Gasteiger partial charge on any atom is 0.256 e. The van der Waals surface area contributed by atoms with E-state index in [1.807, 2.05) is 24.4 Å². The summed E-state index contributed by atoms with van der Waals surface area (Å²) in [4.78, 5) is 22.0. The van der Waals surface area contributed by atoms with E-state index in [4.69, 9.17) is 21.2 Å². The van der Waals surface area contributed by atoms with Gasteiger partial charge in [-0.25, -0.2) is 14.6 Å². The zero-order valence-electron chi connectivity index (χ0n) is 18.0. The number of benzene rings is 1. The number of nitrogen functional groups attached to an aromatic ring is 1. The molecule has 5 rings (SSSR count). The lowest BCUT2D eigenvalue weighted by Crippen LogP contribution is -2.40. The lowest BCUT2D eigenvalue weighted by Gasteiger charge is -2.26. The Bertz CT molecular complexity index is 1170. The monoisotopic (exact) mass is 433 g/mol. The predicted molar refractivity (Wildman–Crippen MR) is 121 cm³/mol. The third-order valence-corrected chi connectivity index (χ3v) is 6.38. The molecule has 0 atom stereocenters. The molecule has 0 spiro atoms. The molecule has 32 heavy (non-hydrogen) atoms. The number of methoxy groups -OCH3 is 1. The number of carbonyl (C=O) groups excluding carboxylic acids is 1. The molecule has 2 aromatic heterocycles. The number of amides is 1. The van der Waals surface area contributed by atoms with Crippen molar-refractivity contribution in [1.82, 2.24) is 25.1 Å². The van der Waals surface area contributed by atoms with Gasteiger partial charge in [0.25, 0.3) is 11.9 Å². The van der Waals surface area contributed by atoms with Crippen molar-refractivity contribution in [3.8, 4) is 23.0 Å². The summed E-state index contributed by atoms with van der Waals surface area (Å²) in [5.74, 6) is 1.13. The number of anilines is 1. The summed E-state index contributed by atoms with van der Waals surface area (Å²) in [6.45, 7) is 0. The highest BCUT2D eigenvalue weighted by atomic mass is 16.5. The number of fused-ring (bicyclic) bond motifs is 3. The van der Waals surface area contributed by atoms with Crippen LogP contribution >= 0.6 is 0 Å². The molecule has 5 N–H and O–H groups in total. The van der Waals surface area contributed by atoms with E-state index in [1.54, 1.807) is 13.3 Å². The largest absolute Gasteiger partial charge is 0.497 e. The van der Waals surface area contributed by atoms with Gasteiger partial charge in [0.05, 0.1) is 12.8 Å². The second kappa shape index (κ2) is 8.23. The maximum absolute atomic E-state index is 12.8. The Morgan fingerprint density at radius 3 is 2.75 bits per heavy atom. The van der Waals surface area contributed by atoms with Gasteiger partial charge in [-0.1, -0.05) is 0 Å². The van der Waals surface area contributed by atoms with Crippen LogP contribution in [0.15, 0.2) is 30.6 Å². The van der Waals surface area contributed by atoms with Crippen molar-refractivity contribution in [3.05, 3.63) is 47.3 Å². The van der Waals surface area contributed by atoms with Gasteiger partial charge in [0.1, 0.15) is 11.3 Å². The molecule has 1 aromatic carbocycles. The topological polar surface area (TPSA) is 134 Å². The molecule has 1 saturated carbocycles. The first kappa shape index (κ1) is 20.4. The molecule has 2 heterocycles. The average molecular weight is 434 g/mol. The molecule has 1 fully saturated rings. The molecule has 0 saturated heterocycles. The Labute approximate surface area is 186 Å². The standard InChI is InChI=1S/C23H27N7O2/c1-32-17-8-9-18-13(10-17)2-3-14-11-26-23(28-20(14)18)30-12-19(21(25)29-30)22(31)27-16-6-4-15(24)5-7-16/h8-12,15-16H,2-7,24H2,1H3,(H2,25,29)(H,27,31). The van der Waals surface area contributed by atoms with Crippen LogP contribution in [0, 0.1) is 0 Å². The zero-order valence-corrected chi connectivity index (χ0v) is 18.0. The van der Waals surface area contributed by atoms with Crippen molar-refractivity contribution in [2.24, 2.45) is 5.73 Å². The van der Waals surface area contributed by atoms with Crippen LogP contribution in [0.5, 0.6) is 5.75 Å². The lowest BCUT2D eigenvalue weighted by atomic mass is 9.90. The van der Waals surface area contributed by atoms with Gasteiger partial charge < -0.3 is 21.5 Å². The van der Waals surface area contributed by atoms with Crippen LogP contribution in [-0.2, 0) is 12.8 Å². The Kier molecular flexibility index (Phi) is 5.26. The lowest BCUT2D eigenvalue weighted by molar-refractivity contribution is 0.0926. The fourth-order valence-electron chi connectivity index (χ4n) is 4.52. The number of ether oxygens (including phenoxy) is 1. The van der Waals surface area contributed by atoms with E-state index >= 15 is 0 Å². The summed E-state index contributed by atoms with van der Waals surface area (Å²) < 4.78 is 6.83. The minimum absolute atomic E-state index is 0.110. The quantitative estimate of drug-likeness (QED) is 0.573. The number of nitrogens with one attached hydrogen (secondary N) is 1. The van der Waals surface area contributed by atoms with Gasteiger partial charge in [0, 0.05) is 30.0 Å². The molecule has 1 amide bonds. The number of nitrogens with two attached hydrogens (primary N) is 2. The summed E-state index contributed by atoms with van der Waals surface area (Å²) in [6.07, 6.45) is 8.76. The number of carbonyl (C=O) groups is 1. The molecule has 0 unspecified atom stereocenters. The SMILES string of the molecule is COc1ccc2c(c1)CCc1cnc(-n3cc(C(=O)NC4CCC(N)CC4)c(N)n3)nc1-2. The van der Waals surface area contributed by atoms with Gasteiger partial charge in [-0.15, -0.1) is 5.10 Å². The normalized spacial score (nSPS) is 19.7. The summed E-state index contributed by atoms with van der Waals surface area (Å²) in [5, 5.41) is 7.36. The predicted octanol–water partition coefficient (Wildman–Crippen LogP) is 2.02. The molecule has 2 aliphatic carbocycles. The first-order valence-electron chi connectivity index (χ1n) is 11.0. The minimum atomic E-state index is -0.232. The molecule has 166 valence electrons. The molecular weight excluding hydrogens is 406 g/mol. The second-order valence-corrected chi connectivity index (χ2v) is 8.52. The van der Waals surface area contributed by atoms with Crippen molar-refractivity contribution in [1.29, 1.82) is 0 Å². The Morgan fingerprint density at radius 2 is 1.97 bits per heavy atom. The van der Waals surface area contributed by atoms with Crippen LogP contribution in [0.1, 0.15) is 47.2 Å². The number of hydrogen-bond acceptors (Lipinski definition) is 7. The number of rotatable bonds is 4. The highest BCUT2D eigenvalue weighted by Crippen LogP contribution is 2.34. The van der Waals surface area contributed by atoms with Gasteiger partial charge >= 0.3 is 0 Å². The van der Waals surface area contributed by atoms with Crippen LogP contribution in [0.3, 0.4) is 0 Å². The first-order chi connectivity index (χ1) is 15.5. The highest BCUT2D eigenvalue weighted by Gasteiger charge is 2.24. The Balaban J connectivity index is 1.41. The van der Waals surface area contributed by atoms with Gasteiger partial charge in [-0.2, -0.15) is 0 Å². The summed E-state index contributed by atoms with van der Waals surface area (Å²) >= 11 is 0. The van der Waals surface area contributed by atoms with E-state index < -0.39 is 0 Å². The van der Waals surface area contributed by atoms with Gasteiger partial charge in [-0.3, -0.25) is 4.79 Å². The summed E-state index contributed by atoms with van der Waals surface area (Å²) in [6, 6.07) is 6.34. The third kappa shape index (κ3) is 3.80. The molecular formula is C23H27N7O2. The van der Waals surface area contributed by atoms with Crippen LogP contribution in [-0.4, -0.2) is 44.8 Å². The molecule has 0 aliphatic heterocycles. The Morgan fingerprint density at radius 1 is 1.19 bits per heavy atom. The Hall–Kier alpha value is -3.46. The zero-order chi connectivity index (χ0) is 22.2. The van der Waals surface area contributed by atoms with E-state index in [1.165, 1.54) is 10.2 Å². The van der Waals surface area contributed by atoms with E-state index in [0.29, 0.717) is 11.5 Å². The number of hydrogen-bond donors (Lipinski definition) is 3. The molecule has 2 aliphatic rings. The molecule has 3 aromatic rings. The van der Waals surface area contributed by atoms with E-state index in [9.17, 15) is 4.79 Å². The number of aromatic nitrogens is 4. The van der Waals surface area contributed by atoms with E-state index in [2.05, 4.69) is 15.4 Å². The average Bonchev–Trinajstić information content (AvgIpc) is 3.21. The molecule has 0 radical (unpaired) electrons. The van der Waals surface area contributed by atoms with Crippen molar-refractivity contribution in [3.63, 3.8) is 0 Å². The van der Waals surface area contributed by atoms with Crippen molar-refractivity contribution < 1.29 is 9.53 Å². The van der Waals surface area contributed by atoms with E-state index in [0.717, 1.165) is 61.1 Å². The first-order valence-corrected chi connectivity index (χ1v) is 11.0. The van der Waals surface area contributed by atoms with Gasteiger partial charge in [0.2, 0.25) is 0 Å². The third-order valence-electron chi connectivity index (χ3n) is 6.38. The molecule has 0 bridgehead atoms. The smallest absolute Gasteiger partial charge is 0.256 e. The van der Waals surface area contributed by atoms with Gasteiger partial charge in [-0.05, 0) is 67.9 Å². The maximum atomic E-state index is 12.8. The van der Waals surface area contributed by atoms with Crippen molar-refractivity contribution in [2.75, 3.05) is 12.8 Å². The van der Waals surface area contributed by atoms with Crippen molar-refractivity contribution in [2.45, 2.75) is 50.6 Å². The summed E-state index contributed by atoms with van der Waals surface area (Å²) in [7, 11) is 1.66. The van der Waals surface area contributed by atoms with Crippen LogP contribution in [0.2, 0.25) is 0 Å². The van der Waals surface area contributed by atoms with Gasteiger partial charge in [0.15, 0.2) is 5.82 Å². The van der Waals surface area contributed by atoms with Crippen LogP contribution in [0.4, 0.5) is 5.82 Å². The highest BCUT2D eigenvalue weighted by molar-refractivity contribution is 5.98. The van der Waals surface area contributed by atoms with E-state index in [-0.39, 0.29) is 23.8 Å². The fraction of sp³-hybridized carbons (Fsp3) is 0.391. The fourth-order valence-corrected chi connectivity index (χ4v) is 4.52. The molecule has 9 heteroatoms. The number of aryl methyl sites for hydroxylation is 2. The second-order valence-electron chi connectivity index (χ2n) is 8.52. The van der Waals surface area contributed by atoms with Crippen LogP contribution in [0.25, 0.3) is 17.2 Å². The minimum Gasteiger partial charge on any atom is -0.497 e. The number of nitrogens with zero attached hydrogens (tertiary/aromatic N) is 4. The van der Waals surface area contributed by atoms with Crippen LogP contribution < -0.4 is 21.5 Å². The van der Waals surface area contributed by atoms with Crippen molar-refractivity contribution >= 4 is 11.7 Å². The molecule has 9 nitrogen and oxygen atoms in total. The summed E-state index contributed by atoms with van der Waals surface area (Å²) in [5.41, 5.74) is 16.6.